The van der Waals surface area contributed by atoms with Crippen molar-refractivity contribution in [2.75, 3.05) is 26.2 Å². The Hall–Kier alpha value is -0.200. The fourth-order valence-electron chi connectivity index (χ4n) is 2.82. The summed E-state index contributed by atoms with van der Waals surface area (Å²) in [5.74, 6) is 0.502. The molecule has 1 saturated heterocycles. The molecule has 1 aliphatic heterocycles. The van der Waals surface area contributed by atoms with E-state index >= 15 is 0 Å². The van der Waals surface area contributed by atoms with Crippen molar-refractivity contribution >= 4 is 22.9 Å². The van der Waals surface area contributed by atoms with Gasteiger partial charge in [0.15, 0.2) is 0 Å². The number of aliphatic hydroxyl groups is 1. The zero-order valence-electron chi connectivity index (χ0n) is 12.8. The maximum Gasteiger partial charge on any atom is 0.0940 e. The van der Waals surface area contributed by atoms with Gasteiger partial charge >= 0.3 is 0 Å². The van der Waals surface area contributed by atoms with Crippen molar-refractivity contribution in [3.8, 4) is 0 Å². The molecule has 1 aromatic rings. The summed E-state index contributed by atoms with van der Waals surface area (Å²) in [6.45, 7) is 7.08. The highest BCUT2D eigenvalue weighted by Crippen LogP contribution is 2.21. The van der Waals surface area contributed by atoms with Gasteiger partial charge in [-0.25, -0.2) is 4.98 Å². The molecule has 0 bridgehead atoms. The van der Waals surface area contributed by atoms with Crippen molar-refractivity contribution in [2.45, 2.75) is 50.7 Å². The Balaban J connectivity index is 1.70. The smallest absolute Gasteiger partial charge is 0.0940 e. The quantitative estimate of drug-likeness (QED) is 0.616. The molecule has 21 heavy (non-hydrogen) atoms. The average molecular weight is 333 g/mol. The number of morpholine rings is 1. The molecule has 1 aliphatic rings. The topological polar surface area (TPSA) is 45.6 Å². The van der Waals surface area contributed by atoms with Gasteiger partial charge in [-0.2, -0.15) is 0 Å². The summed E-state index contributed by atoms with van der Waals surface area (Å²) >= 11 is 7.46. The van der Waals surface area contributed by atoms with Crippen LogP contribution in [0.2, 0.25) is 0 Å². The molecule has 1 unspecified atom stereocenters. The summed E-state index contributed by atoms with van der Waals surface area (Å²) in [6.07, 6.45) is 3.25. The molecule has 120 valence electrons. The van der Waals surface area contributed by atoms with Gasteiger partial charge in [0.2, 0.25) is 0 Å². The van der Waals surface area contributed by atoms with Crippen molar-refractivity contribution in [1.82, 2.24) is 9.88 Å². The molecule has 2 rings (SSSR count). The Morgan fingerprint density at radius 1 is 1.52 bits per heavy atom. The van der Waals surface area contributed by atoms with Crippen LogP contribution in [0.15, 0.2) is 5.38 Å². The van der Waals surface area contributed by atoms with Crippen LogP contribution >= 0.6 is 22.9 Å². The van der Waals surface area contributed by atoms with Gasteiger partial charge < -0.3 is 9.84 Å². The fourth-order valence-corrected chi connectivity index (χ4v) is 3.89. The maximum atomic E-state index is 9.32. The molecule has 1 fully saturated rings. The van der Waals surface area contributed by atoms with Crippen LogP contribution in [0, 0.1) is 0 Å². The molecule has 1 aromatic heterocycles. The lowest BCUT2D eigenvalue weighted by Crippen LogP contribution is -2.53. The van der Waals surface area contributed by atoms with Gasteiger partial charge in [0, 0.05) is 18.5 Å². The van der Waals surface area contributed by atoms with Crippen LogP contribution < -0.4 is 0 Å². The second-order valence-electron chi connectivity index (χ2n) is 6.24. The molecule has 6 heteroatoms. The number of alkyl halides is 1. The van der Waals surface area contributed by atoms with E-state index in [1.54, 1.807) is 11.3 Å². The first-order chi connectivity index (χ1) is 10.0. The van der Waals surface area contributed by atoms with Crippen LogP contribution in [-0.4, -0.2) is 52.9 Å². The molecular weight excluding hydrogens is 308 g/mol. The van der Waals surface area contributed by atoms with Gasteiger partial charge in [-0.15, -0.1) is 22.9 Å². The highest BCUT2D eigenvalue weighted by atomic mass is 35.5. The molecule has 1 N–H and O–H groups in total. The van der Waals surface area contributed by atoms with Crippen LogP contribution in [0.1, 0.15) is 37.4 Å². The lowest BCUT2D eigenvalue weighted by Gasteiger charge is -2.42. The normalized spacial score (nSPS) is 22.6. The van der Waals surface area contributed by atoms with Gasteiger partial charge in [-0.1, -0.05) is 0 Å². The van der Waals surface area contributed by atoms with Crippen LogP contribution in [0.5, 0.6) is 0 Å². The highest BCUT2D eigenvalue weighted by Gasteiger charge is 2.32. The third-order valence-electron chi connectivity index (χ3n) is 3.61. The maximum absolute atomic E-state index is 9.32. The first kappa shape index (κ1) is 17.2. The number of hydrogen-bond acceptors (Lipinski definition) is 5. The number of nitrogens with zero attached hydrogens (tertiary/aromatic N) is 2. The van der Waals surface area contributed by atoms with Crippen LogP contribution in [0.4, 0.5) is 0 Å². The van der Waals surface area contributed by atoms with E-state index in [9.17, 15) is 5.11 Å². The van der Waals surface area contributed by atoms with Crippen molar-refractivity contribution in [3.63, 3.8) is 0 Å². The van der Waals surface area contributed by atoms with Gasteiger partial charge in [-0.05, 0) is 39.7 Å². The molecule has 1 atom stereocenters. The Morgan fingerprint density at radius 3 is 3.00 bits per heavy atom. The van der Waals surface area contributed by atoms with Gasteiger partial charge in [0.1, 0.15) is 0 Å². The van der Waals surface area contributed by atoms with E-state index in [4.69, 9.17) is 16.3 Å². The number of ether oxygens (including phenoxy) is 1. The monoisotopic (exact) mass is 332 g/mol. The summed E-state index contributed by atoms with van der Waals surface area (Å²) < 4.78 is 5.83. The summed E-state index contributed by atoms with van der Waals surface area (Å²) in [4.78, 5) is 6.88. The lowest BCUT2D eigenvalue weighted by molar-refractivity contribution is -0.148. The van der Waals surface area contributed by atoms with E-state index in [0.29, 0.717) is 5.88 Å². The van der Waals surface area contributed by atoms with Crippen molar-refractivity contribution < 1.29 is 9.84 Å². The molecular formula is C15H25ClN2O2S. The summed E-state index contributed by atoms with van der Waals surface area (Å²) in [5.41, 5.74) is 0.813. The molecule has 0 aliphatic carbocycles. The third kappa shape index (κ3) is 5.49. The van der Waals surface area contributed by atoms with E-state index in [2.05, 4.69) is 23.7 Å². The van der Waals surface area contributed by atoms with Gasteiger partial charge in [-0.3, -0.25) is 4.90 Å². The second kappa shape index (κ2) is 7.88. The molecule has 2 heterocycles. The Bertz CT molecular complexity index is 439. The molecule has 0 amide bonds. The molecule has 0 saturated carbocycles. The Labute approximate surface area is 136 Å². The minimum absolute atomic E-state index is 0.0565. The number of rotatable bonds is 7. The molecule has 0 aromatic carbocycles. The zero-order valence-corrected chi connectivity index (χ0v) is 14.4. The van der Waals surface area contributed by atoms with Crippen LogP contribution in [0.3, 0.4) is 0 Å². The number of hydrogen-bond donors (Lipinski definition) is 1. The summed E-state index contributed by atoms with van der Waals surface area (Å²) in [6, 6.07) is 0. The Morgan fingerprint density at radius 2 is 2.33 bits per heavy atom. The van der Waals surface area contributed by atoms with E-state index in [0.717, 1.165) is 44.6 Å². The number of halogens is 1. The zero-order chi connectivity index (χ0) is 15.3. The summed E-state index contributed by atoms with van der Waals surface area (Å²) in [7, 11) is 0. The first-order valence-electron chi connectivity index (χ1n) is 7.52. The second-order valence-corrected chi connectivity index (χ2v) is 7.45. The van der Waals surface area contributed by atoms with Crippen molar-refractivity contribution in [2.24, 2.45) is 0 Å². The fraction of sp³-hybridized carbons (Fsp3) is 0.800. The minimum atomic E-state index is -0.170. The number of aliphatic hydroxyl groups excluding tert-OH is 1. The third-order valence-corrected chi connectivity index (χ3v) is 4.84. The summed E-state index contributed by atoms with van der Waals surface area (Å²) in [5, 5.41) is 12.5. The standard InChI is InChI=1S/C15H25ClN2O2S/c1-15(2)11-18(8-13(9-19)20-15)6-4-3-5-14-17-12(7-16)10-21-14/h10,13,19H,3-9,11H2,1-2H3. The van der Waals surface area contributed by atoms with Crippen molar-refractivity contribution in [3.05, 3.63) is 16.1 Å². The number of aryl methyl sites for hydroxylation is 1. The van der Waals surface area contributed by atoms with E-state index in [1.165, 1.54) is 5.01 Å². The number of unbranched alkanes of at least 4 members (excludes halogenated alkanes) is 1. The molecule has 0 spiro atoms. The van der Waals surface area contributed by atoms with Crippen molar-refractivity contribution in [1.29, 1.82) is 0 Å². The minimum Gasteiger partial charge on any atom is -0.394 e. The van der Waals surface area contributed by atoms with Gasteiger partial charge in [0.25, 0.3) is 0 Å². The Kier molecular flexibility index (Phi) is 6.44. The largest absolute Gasteiger partial charge is 0.394 e. The lowest BCUT2D eigenvalue weighted by atomic mass is 10.0. The number of aromatic nitrogens is 1. The van der Waals surface area contributed by atoms with E-state index in [1.807, 2.05) is 5.38 Å². The van der Waals surface area contributed by atoms with Crippen LogP contribution in [0.25, 0.3) is 0 Å². The average Bonchev–Trinajstić information content (AvgIpc) is 2.90. The van der Waals surface area contributed by atoms with E-state index < -0.39 is 0 Å². The SMILES string of the molecule is CC1(C)CN(CCCCc2nc(CCl)cs2)CC(CO)O1. The van der Waals surface area contributed by atoms with Gasteiger partial charge in [0.05, 0.1) is 34.9 Å². The predicted octanol–water partition coefficient (Wildman–Crippen LogP) is 2.68. The predicted molar refractivity (Wildman–Crippen MR) is 87.1 cm³/mol. The van der Waals surface area contributed by atoms with Crippen LogP contribution in [-0.2, 0) is 17.0 Å². The molecule has 4 nitrogen and oxygen atoms in total. The van der Waals surface area contributed by atoms with E-state index in [-0.39, 0.29) is 18.3 Å². The highest BCUT2D eigenvalue weighted by molar-refractivity contribution is 7.09. The molecule has 0 radical (unpaired) electrons. The number of thiazole rings is 1. The first-order valence-corrected chi connectivity index (χ1v) is 8.94.